The molecule has 8 aromatic rings. The number of halogens is 6. The van der Waals surface area contributed by atoms with E-state index in [-0.39, 0.29) is 20.9 Å². The molecule has 0 unspecified atom stereocenters. The predicted molar refractivity (Wildman–Crippen MR) is 244 cm³/mol. The lowest BCUT2D eigenvalue weighted by atomic mass is 9.70. The van der Waals surface area contributed by atoms with Crippen LogP contribution in [0, 0.1) is 0 Å². The highest BCUT2D eigenvalue weighted by atomic mass is 32.1. The Bertz CT molecular complexity index is 2790. The maximum absolute atomic E-state index is 16.7. The van der Waals surface area contributed by atoms with Crippen LogP contribution in [-0.4, -0.2) is 17.8 Å². The van der Waals surface area contributed by atoms with E-state index in [4.69, 9.17) is 0 Å². The van der Waals surface area contributed by atoms with Gasteiger partial charge in [-0.1, -0.05) is 194 Å². The minimum Gasteiger partial charge on any atom is -0.194 e. The normalized spacial score (nSPS) is 16.9. The molecule has 0 atom stereocenters. The summed E-state index contributed by atoms with van der Waals surface area (Å²) < 4.78 is 98.8. The smallest absolute Gasteiger partial charge is 0.194 e. The zero-order valence-electron chi connectivity index (χ0n) is 32.7. The average molecular weight is 861 g/mol. The predicted octanol–water partition coefficient (Wildman–Crippen LogP) is 16.0. The van der Waals surface area contributed by atoms with Crippen LogP contribution >= 0.6 is 22.7 Å². The van der Waals surface area contributed by atoms with Crippen molar-refractivity contribution in [2.75, 3.05) is 0 Å². The molecule has 0 nitrogen and oxygen atoms in total. The van der Waals surface area contributed by atoms with Crippen LogP contribution in [0.3, 0.4) is 0 Å². The number of benzene rings is 6. The van der Waals surface area contributed by atoms with Gasteiger partial charge < -0.3 is 0 Å². The molecule has 2 aromatic heterocycles. The van der Waals surface area contributed by atoms with Crippen molar-refractivity contribution < 1.29 is 26.3 Å². The van der Waals surface area contributed by atoms with Crippen LogP contribution < -0.4 is 0 Å². The molecule has 0 radical (unpaired) electrons. The van der Waals surface area contributed by atoms with Crippen LogP contribution in [-0.2, 0) is 5.41 Å². The molecule has 0 N–H and O–H groups in total. The molecule has 0 fully saturated rings. The Morgan fingerprint density at radius 3 is 1.00 bits per heavy atom. The Labute approximate surface area is 363 Å². The summed E-state index contributed by atoms with van der Waals surface area (Å²) in [4.78, 5) is 1.47. The quantitative estimate of drug-likeness (QED) is 0.105. The molecule has 0 bridgehead atoms. The van der Waals surface area contributed by atoms with Gasteiger partial charge in [0.2, 0.25) is 0 Å². The van der Waals surface area contributed by atoms with Crippen molar-refractivity contribution in [1.82, 2.24) is 0 Å². The highest BCUT2D eigenvalue weighted by Crippen LogP contribution is 2.70. The summed E-state index contributed by atoms with van der Waals surface area (Å²) >= 11 is 2.32. The van der Waals surface area contributed by atoms with Gasteiger partial charge >= 0.3 is 17.8 Å². The molecule has 62 heavy (non-hydrogen) atoms. The van der Waals surface area contributed by atoms with E-state index >= 15 is 26.3 Å². The summed E-state index contributed by atoms with van der Waals surface area (Å²) in [6.45, 7) is 0. The number of alkyl halides is 6. The topological polar surface area (TPSA) is 0 Å². The summed E-state index contributed by atoms with van der Waals surface area (Å²) in [5.41, 5.74) is 1.49. The summed E-state index contributed by atoms with van der Waals surface area (Å²) in [7, 11) is 0. The molecule has 304 valence electrons. The second kappa shape index (κ2) is 15.2. The van der Waals surface area contributed by atoms with Crippen molar-refractivity contribution >= 4 is 58.1 Å². The van der Waals surface area contributed by atoms with Crippen molar-refractivity contribution in [2.24, 2.45) is 0 Å². The van der Waals surface area contributed by atoms with E-state index in [9.17, 15) is 0 Å². The molecule has 2 aliphatic carbocycles. The lowest BCUT2D eigenvalue weighted by Crippen LogP contribution is -2.49. The van der Waals surface area contributed by atoms with E-state index in [0.29, 0.717) is 32.0 Å². The number of fused-ring (bicyclic) bond motifs is 4. The van der Waals surface area contributed by atoms with Gasteiger partial charge in [0.25, 0.3) is 0 Å². The molecule has 2 aliphatic rings. The van der Waals surface area contributed by atoms with Gasteiger partial charge in [0, 0.05) is 41.8 Å². The molecule has 0 saturated heterocycles. The van der Waals surface area contributed by atoms with Gasteiger partial charge in [0.05, 0.1) is 5.41 Å². The lowest BCUT2D eigenvalue weighted by Gasteiger charge is -2.36. The van der Waals surface area contributed by atoms with Gasteiger partial charge in [0.15, 0.2) is 0 Å². The van der Waals surface area contributed by atoms with Gasteiger partial charge in [-0.25, -0.2) is 0 Å². The average Bonchev–Trinajstić information content (AvgIpc) is 3.95. The minimum absolute atomic E-state index is 0.257. The van der Waals surface area contributed by atoms with Crippen molar-refractivity contribution in [3.05, 3.63) is 236 Å². The van der Waals surface area contributed by atoms with Crippen LogP contribution in [0.4, 0.5) is 26.3 Å². The number of thiophene rings is 2. The number of allylic oxidation sites excluding steroid dienone is 2. The van der Waals surface area contributed by atoms with E-state index in [2.05, 4.69) is 0 Å². The Hall–Kier alpha value is -6.48. The fourth-order valence-electron chi connectivity index (χ4n) is 8.63. The van der Waals surface area contributed by atoms with Crippen LogP contribution in [0.25, 0.3) is 56.3 Å². The molecule has 0 amide bonds. The minimum atomic E-state index is -5.71. The number of hydrogen-bond donors (Lipinski definition) is 0. The SMILES string of the molecule is FC1(F)C2=C(c3cc(-c4ccc(/C=C/c5ccccc5)cc4)sc3C(c3ccccc3)(c3ccccc3)c3sc(-c4ccc(/C=C/c5ccccc5)cc4)cc32)C(F)(F)C1(F)F. The monoisotopic (exact) mass is 860 g/mol. The van der Waals surface area contributed by atoms with Gasteiger partial charge in [-0.2, -0.15) is 26.3 Å². The summed E-state index contributed by atoms with van der Waals surface area (Å²) in [5, 5.41) is 0. The highest BCUT2D eigenvalue weighted by molar-refractivity contribution is 7.18. The van der Waals surface area contributed by atoms with Crippen LogP contribution in [0.1, 0.15) is 54.3 Å². The van der Waals surface area contributed by atoms with Crippen LogP contribution in [0.2, 0.25) is 0 Å². The highest BCUT2D eigenvalue weighted by Gasteiger charge is 2.81. The van der Waals surface area contributed by atoms with Gasteiger partial charge in [-0.15, -0.1) is 22.7 Å². The molecule has 2 heterocycles. The number of rotatable bonds is 8. The Morgan fingerprint density at radius 2 is 0.661 bits per heavy atom. The third-order valence-corrected chi connectivity index (χ3v) is 14.3. The molecular weight excluding hydrogens is 827 g/mol. The first-order valence-electron chi connectivity index (χ1n) is 20.0. The lowest BCUT2D eigenvalue weighted by molar-refractivity contribution is -0.254. The third-order valence-electron chi connectivity index (χ3n) is 11.7. The second-order valence-electron chi connectivity index (χ2n) is 15.4. The van der Waals surface area contributed by atoms with Gasteiger partial charge in [0.1, 0.15) is 0 Å². The van der Waals surface area contributed by atoms with Crippen molar-refractivity contribution in [1.29, 1.82) is 0 Å². The Kier molecular flexibility index (Phi) is 9.69. The summed E-state index contributed by atoms with van der Waals surface area (Å²) in [5.74, 6) is -16.1. The van der Waals surface area contributed by atoms with Crippen molar-refractivity contribution in [3.63, 3.8) is 0 Å². The van der Waals surface area contributed by atoms with Crippen molar-refractivity contribution in [2.45, 2.75) is 23.2 Å². The van der Waals surface area contributed by atoms with Crippen LogP contribution in [0.5, 0.6) is 0 Å². The van der Waals surface area contributed by atoms with Gasteiger partial charge in [-0.05, 0) is 56.6 Å². The molecule has 6 aromatic carbocycles. The van der Waals surface area contributed by atoms with E-state index in [1.54, 1.807) is 0 Å². The Morgan fingerprint density at radius 1 is 0.355 bits per heavy atom. The van der Waals surface area contributed by atoms with E-state index < -0.39 is 34.3 Å². The van der Waals surface area contributed by atoms with E-state index in [1.807, 2.05) is 194 Å². The first-order chi connectivity index (χ1) is 30.0. The number of hydrogen-bond acceptors (Lipinski definition) is 2. The first kappa shape index (κ1) is 39.6. The van der Waals surface area contributed by atoms with E-state index in [1.165, 1.54) is 12.1 Å². The third kappa shape index (κ3) is 6.26. The zero-order valence-corrected chi connectivity index (χ0v) is 34.3. The molecule has 0 aliphatic heterocycles. The molecule has 0 spiro atoms. The maximum atomic E-state index is 16.7. The largest absolute Gasteiger partial charge is 0.380 e. The van der Waals surface area contributed by atoms with Gasteiger partial charge in [-0.3, -0.25) is 0 Å². The van der Waals surface area contributed by atoms with E-state index in [0.717, 1.165) is 44.9 Å². The standard InChI is InChI=1S/C54H34F6S2/c55-52(56)47-43-33-45(39-29-25-37(26-30-39)23-21-35-13-5-1-6-14-35)61-49(43)51(41-17-9-3-10-18-41,42-19-11-4-12-20-42)50-44(48(47)53(57,58)54(52,59)60)34-46(62-50)40-31-27-38(28-32-40)24-22-36-15-7-2-8-16-36/h1-34H/b23-21+,24-22+. The first-order valence-corrected chi connectivity index (χ1v) is 21.6. The van der Waals surface area contributed by atoms with Crippen molar-refractivity contribution in [3.8, 4) is 20.9 Å². The maximum Gasteiger partial charge on any atom is 0.380 e. The fraction of sp³-hybridized carbons (Fsp3) is 0.0741. The fourth-order valence-corrected chi connectivity index (χ4v) is 11.5. The summed E-state index contributed by atoms with van der Waals surface area (Å²) in [6, 6.07) is 55.5. The zero-order chi connectivity index (χ0) is 42.7. The molecular formula is C54H34F6S2. The molecule has 0 saturated carbocycles. The molecule has 8 heteroatoms. The molecule has 10 rings (SSSR count). The Balaban J connectivity index is 1.21. The van der Waals surface area contributed by atoms with Crippen LogP contribution in [0.15, 0.2) is 182 Å². The second-order valence-corrected chi connectivity index (χ2v) is 17.5. The summed E-state index contributed by atoms with van der Waals surface area (Å²) in [6.07, 6.45) is 7.84.